The van der Waals surface area contributed by atoms with Gasteiger partial charge in [-0.25, -0.2) is 0 Å². The Morgan fingerprint density at radius 2 is 1.70 bits per heavy atom. The number of carbonyl (C=O) groups excluding carboxylic acids is 1. The third-order valence-corrected chi connectivity index (χ3v) is 7.03. The Hall–Kier alpha value is -3.34. The van der Waals surface area contributed by atoms with Gasteiger partial charge in [0.25, 0.3) is 5.69 Å². The summed E-state index contributed by atoms with van der Waals surface area (Å²) in [5.41, 5.74) is 0.541. The van der Waals surface area contributed by atoms with Crippen molar-refractivity contribution in [3.05, 3.63) is 63.7 Å². The fourth-order valence-corrected chi connectivity index (χ4v) is 4.85. The molecule has 1 saturated carbocycles. The molecule has 0 atom stereocenters. The number of aryl methyl sites for hydroxylation is 1. The zero-order chi connectivity index (χ0) is 26.6. The van der Waals surface area contributed by atoms with E-state index in [2.05, 4.69) is 34.5 Å². The van der Waals surface area contributed by atoms with Crippen LogP contribution in [0.15, 0.2) is 42.5 Å². The zero-order valence-electron chi connectivity index (χ0n) is 20.7. The van der Waals surface area contributed by atoms with Gasteiger partial charge in [0.05, 0.1) is 16.6 Å². The standard InChI is InChI=1S/C26H31F3N4O4/c1-18-2-6-20(7-3-18)31-12-14-32(15-13-31)25(34)17-37-22-9-4-19(5-10-22)30-24-11-8-21(33(35)36)16-23(24)26(27,28)29/h2-3,6-8,11,16,19,22,30H,4-5,9-10,12-15,17H2,1H3. The minimum atomic E-state index is -4.71. The van der Waals surface area contributed by atoms with Crippen molar-refractivity contribution in [1.29, 1.82) is 0 Å². The van der Waals surface area contributed by atoms with Crippen molar-refractivity contribution in [2.45, 2.75) is 50.9 Å². The van der Waals surface area contributed by atoms with Gasteiger partial charge in [0.15, 0.2) is 0 Å². The van der Waals surface area contributed by atoms with E-state index in [1.54, 1.807) is 0 Å². The van der Waals surface area contributed by atoms with Crippen LogP contribution in [0.2, 0.25) is 0 Å². The molecule has 1 aliphatic heterocycles. The first kappa shape index (κ1) is 26.7. The van der Waals surface area contributed by atoms with Crippen molar-refractivity contribution in [3.8, 4) is 0 Å². The molecule has 1 amide bonds. The lowest BCUT2D eigenvalue weighted by Gasteiger charge is -2.36. The SMILES string of the molecule is Cc1ccc(N2CCN(C(=O)COC3CCC(Nc4ccc([N+](=O)[O-])cc4C(F)(F)F)CC3)CC2)cc1. The summed E-state index contributed by atoms with van der Waals surface area (Å²) < 4.78 is 46.2. The Balaban J connectivity index is 1.21. The number of benzene rings is 2. The normalized spacial score (nSPS) is 20.5. The highest BCUT2D eigenvalue weighted by Crippen LogP contribution is 2.38. The monoisotopic (exact) mass is 520 g/mol. The quantitative estimate of drug-likeness (QED) is 0.408. The molecule has 200 valence electrons. The third-order valence-electron chi connectivity index (χ3n) is 7.03. The summed E-state index contributed by atoms with van der Waals surface area (Å²) in [4.78, 5) is 26.8. The molecule has 1 aliphatic carbocycles. The minimum absolute atomic E-state index is 0.00608. The van der Waals surface area contributed by atoms with Gasteiger partial charge in [-0.05, 0) is 50.8 Å². The van der Waals surface area contributed by atoms with Crippen LogP contribution in [-0.2, 0) is 15.7 Å². The number of piperazine rings is 1. The van der Waals surface area contributed by atoms with Crippen LogP contribution >= 0.6 is 0 Å². The van der Waals surface area contributed by atoms with E-state index in [9.17, 15) is 28.1 Å². The molecule has 0 spiro atoms. The van der Waals surface area contributed by atoms with E-state index in [4.69, 9.17) is 4.74 Å². The molecule has 11 heteroatoms. The number of nitrogens with one attached hydrogen (secondary N) is 1. The van der Waals surface area contributed by atoms with Gasteiger partial charge >= 0.3 is 6.18 Å². The number of rotatable bonds is 7. The molecule has 1 heterocycles. The highest BCUT2D eigenvalue weighted by molar-refractivity contribution is 5.77. The van der Waals surface area contributed by atoms with Crippen LogP contribution in [0.4, 0.5) is 30.2 Å². The second kappa shape index (κ2) is 11.4. The van der Waals surface area contributed by atoms with E-state index in [-0.39, 0.29) is 30.3 Å². The maximum Gasteiger partial charge on any atom is 0.418 e. The number of anilines is 2. The molecule has 2 aliphatic rings. The van der Waals surface area contributed by atoms with E-state index < -0.39 is 22.4 Å². The van der Waals surface area contributed by atoms with Crippen molar-refractivity contribution >= 4 is 23.0 Å². The van der Waals surface area contributed by atoms with Crippen molar-refractivity contribution < 1.29 is 27.6 Å². The summed E-state index contributed by atoms with van der Waals surface area (Å²) >= 11 is 0. The van der Waals surface area contributed by atoms with Crippen LogP contribution in [0, 0.1) is 17.0 Å². The van der Waals surface area contributed by atoms with Gasteiger partial charge in [-0.3, -0.25) is 14.9 Å². The molecule has 2 aromatic carbocycles. The fourth-order valence-electron chi connectivity index (χ4n) is 4.85. The average Bonchev–Trinajstić information content (AvgIpc) is 2.88. The van der Waals surface area contributed by atoms with E-state index in [0.717, 1.165) is 30.9 Å². The highest BCUT2D eigenvalue weighted by atomic mass is 19.4. The van der Waals surface area contributed by atoms with Crippen LogP contribution in [0.5, 0.6) is 0 Å². The van der Waals surface area contributed by atoms with Gasteiger partial charge in [-0.15, -0.1) is 0 Å². The van der Waals surface area contributed by atoms with E-state index in [1.165, 1.54) is 5.56 Å². The second-order valence-electron chi connectivity index (χ2n) is 9.62. The molecule has 1 N–H and O–H groups in total. The van der Waals surface area contributed by atoms with Gasteiger partial charge in [0.1, 0.15) is 6.61 Å². The Kier molecular flexibility index (Phi) is 8.21. The van der Waals surface area contributed by atoms with E-state index in [0.29, 0.717) is 44.8 Å². The van der Waals surface area contributed by atoms with Crippen LogP contribution in [0.1, 0.15) is 36.8 Å². The van der Waals surface area contributed by atoms with Crippen LogP contribution < -0.4 is 10.2 Å². The molecule has 2 aromatic rings. The Morgan fingerprint density at radius 3 is 2.30 bits per heavy atom. The van der Waals surface area contributed by atoms with Crippen molar-refractivity contribution in [2.24, 2.45) is 0 Å². The topological polar surface area (TPSA) is 88.0 Å². The predicted octanol–water partition coefficient (Wildman–Crippen LogP) is 5.01. The molecule has 0 unspecified atom stereocenters. The van der Waals surface area contributed by atoms with Gasteiger partial charge < -0.3 is 19.9 Å². The number of carbonyl (C=O) groups is 1. The minimum Gasteiger partial charge on any atom is -0.382 e. The number of nitrogens with zero attached hydrogens (tertiary/aromatic N) is 3. The van der Waals surface area contributed by atoms with E-state index in [1.807, 2.05) is 11.8 Å². The summed E-state index contributed by atoms with van der Waals surface area (Å²) in [5, 5.41) is 13.8. The maximum absolute atomic E-state index is 13.4. The molecule has 2 fully saturated rings. The Bertz CT molecular complexity index is 1090. The molecular weight excluding hydrogens is 489 g/mol. The fraction of sp³-hybridized carbons (Fsp3) is 0.500. The molecule has 0 aromatic heterocycles. The molecule has 8 nitrogen and oxygen atoms in total. The largest absolute Gasteiger partial charge is 0.418 e. The Labute approximate surface area is 213 Å². The number of ether oxygens (including phenoxy) is 1. The Morgan fingerprint density at radius 1 is 1.05 bits per heavy atom. The van der Waals surface area contributed by atoms with Crippen molar-refractivity contribution in [3.63, 3.8) is 0 Å². The van der Waals surface area contributed by atoms with Gasteiger partial charge in [0.2, 0.25) is 5.91 Å². The summed E-state index contributed by atoms with van der Waals surface area (Å²) in [5.74, 6) is -0.0514. The average molecular weight is 521 g/mol. The number of nitro benzene ring substituents is 1. The number of amides is 1. The predicted molar refractivity (Wildman–Crippen MR) is 134 cm³/mol. The number of alkyl halides is 3. The zero-order valence-corrected chi connectivity index (χ0v) is 20.7. The maximum atomic E-state index is 13.4. The molecule has 37 heavy (non-hydrogen) atoms. The number of halogens is 3. The van der Waals surface area contributed by atoms with Crippen molar-refractivity contribution in [1.82, 2.24) is 4.90 Å². The van der Waals surface area contributed by atoms with Crippen LogP contribution in [0.25, 0.3) is 0 Å². The van der Waals surface area contributed by atoms with E-state index >= 15 is 0 Å². The van der Waals surface area contributed by atoms with Crippen molar-refractivity contribution in [2.75, 3.05) is 43.0 Å². The molecule has 4 rings (SSSR count). The first-order chi connectivity index (χ1) is 17.6. The van der Waals surface area contributed by atoms with Crippen LogP contribution in [-0.4, -0.2) is 60.7 Å². The third kappa shape index (κ3) is 6.91. The lowest BCUT2D eigenvalue weighted by molar-refractivity contribution is -0.385. The lowest BCUT2D eigenvalue weighted by Crippen LogP contribution is -2.50. The lowest BCUT2D eigenvalue weighted by atomic mass is 9.92. The summed E-state index contributed by atoms with van der Waals surface area (Å²) in [6, 6.07) is 10.9. The molecule has 0 radical (unpaired) electrons. The number of hydrogen-bond donors (Lipinski definition) is 1. The summed E-state index contributed by atoms with van der Waals surface area (Å²) in [6.07, 6.45) is -2.47. The summed E-state index contributed by atoms with van der Waals surface area (Å²) in [7, 11) is 0. The van der Waals surface area contributed by atoms with Crippen LogP contribution in [0.3, 0.4) is 0 Å². The summed E-state index contributed by atoms with van der Waals surface area (Å²) in [6.45, 7) is 4.81. The smallest absolute Gasteiger partial charge is 0.382 e. The first-order valence-corrected chi connectivity index (χ1v) is 12.4. The number of non-ortho nitro benzene ring substituents is 1. The number of hydrogen-bond acceptors (Lipinski definition) is 6. The second-order valence-corrected chi connectivity index (χ2v) is 9.62. The highest BCUT2D eigenvalue weighted by Gasteiger charge is 2.36. The molecule has 1 saturated heterocycles. The van der Waals surface area contributed by atoms with Gasteiger partial charge in [0, 0.05) is 55.7 Å². The van der Waals surface area contributed by atoms with Gasteiger partial charge in [-0.1, -0.05) is 17.7 Å². The molecule has 0 bridgehead atoms. The molecular formula is C26H31F3N4O4. The van der Waals surface area contributed by atoms with Gasteiger partial charge in [-0.2, -0.15) is 13.2 Å². The first-order valence-electron chi connectivity index (χ1n) is 12.4. The number of nitro groups is 1.